The lowest BCUT2D eigenvalue weighted by Gasteiger charge is -2.36. The van der Waals surface area contributed by atoms with Crippen molar-refractivity contribution in [3.8, 4) is 0 Å². The van der Waals surface area contributed by atoms with Gasteiger partial charge in [-0.2, -0.15) is 11.8 Å². The van der Waals surface area contributed by atoms with E-state index in [1.807, 2.05) is 0 Å². The molecule has 0 heterocycles. The predicted molar refractivity (Wildman–Crippen MR) is 82.5 cm³/mol. The van der Waals surface area contributed by atoms with Crippen molar-refractivity contribution < 1.29 is 4.74 Å². The van der Waals surface area contributed by atoms with Crippen LogP contribution in [0, 0.1) is 5.92 Å². The highest BCUT2D eigenvalue weighted by molar-refractivity contribution is 8.00. The predicted octanol–water partition coefficient (Wildman–Crippen LogP) is 3.70. The van der Waals surface area contributed by atoms with Crippen LogP contribution in [0.1, 0.15) is 52.4 Å². The van der Waals surface area contributed by atoms with E-state index in [4.69, 9.17) is 4.74 Å². The molecule has 1 rings (SSSR count). The fourth-order valence-corrected chi connectivity index (χ4v) is 3.47. The van der Waals surface area contributed by atoms with Gasteiger partial charge in [0.05, 0.1) is 6.61 Å². The van der Waals surface area contributed by atoms with E-state index < -0.39 is 0 Å². The summed E-state index contributed by atoms with van der Waals surface area (Å²) in [7, 11) is 0. The summed E-state index contributed by atoms with van der Waals surface area (Å²) in [4.78, 5) is 0. The molecule has 1 fully saturated rings. The van der Waals surface area contributed by atoms with Gasteiger partial charge < -0.3 is 10.1 Å². The maximum absolute atomic E-state index is 5.63. The van der Waals surface area contributed by atoms with Crippen LogP contribution in [0.5, 0.6) is 0 Å². The van der Waals surface area contributed by atoms with E-state index in [0.29, 0.717) is 4.75 Å². The van der Waals surface area contributed by atoms with Gasteiger partial charge in [0, 0.05) is 24.4 Å². The summed E-state index contributed by atoms with van der Waals surface area (Å²) in [5.74, 6) is 0.750. The molecule has 1 aliphatic rings. The second-order valence-corrected chi connectivity index (χ2v) is 7.19. The van der Waals surface area contributed by atoms with Crippen molar-refractivity contribution in [1.82, 2.24) is 5.32 Å². The van der Waals surface area contributed by atoms with E-state index in [1.54, 1.807) is 0 Å². The molecule has 0 spiro atoms. The van der Waals surface area contributed by atoms with Gasteiger partial charge in [0.2, 0.25) is 0 Å². The quantitative estimate of drug-likeness (QED) is 0.647. The van der Waals surface area contributed by atoms with Crippen LogP contribution in [0.15, 0.2) is 0 Å². The van der Waals surface area contributed by atoms with Gasteiger partial charge in [-0.1, -0.05) is 33.1 Å². The minimum atomic E-state index is 0.510. The lowest BCUT2D eigenvalue weighted by molar-refractivity contribution is 0.124. The van der Waals surface area contributed by atoms with Gasteiger partial charge in [0.1, 0.15) is 0 Å². The van der Waals surface area contributed by atoms with E-state index in [9.17, 15) is 0 Å². The molecule has 0 bridgehead atoms. The average molecular weight is 273 g/mol. The summed E-state index contributed by atoms with van der Waals surface area (Å²) in [5, 5.41) is 3.59. The SMILES string of the molecule is CSC1(CNCCOCCC(C)C)CCCCC1. The summed E-state index contributed by atoms with van der Waals surface area (Å²) in [5.41, 5.74) is 0. The van der Waals surface area contributed by atoms with Crippen LogP contribution in [0.2, 0.25) is 0 Å². The van der Waals surface area contributed by atoms with Gasteiger partial charge in [0.25, 0.3) is 0 Å². The highest BCUT2D eigenvalue weighted by Gasteiger charge is 2.30. The second kappa shape index (κ2) is 9.22. The van der Waals surface area contributed by atoms with E-state index in [-0.39, 0.29) is 0 Å². The normalized spacial score (nSPS) is 19.3. The minimum absolute atomic E-state index is 0.510. The second-order valence-electron chi connectivity index (χ2n) is 5.92. The highest BCUT2D eigenvalue weighted by atomic mass is 32.2. The lowest BCUT2D eigenvalue weighted by Crippen LogP contribution is -2.40. The van der Waals surface area contributed by atoms with Crippen molar-refractivity contribution in [3.05, 3.63) is 0 Å². The maximum atomic E-state index is 5.63. The van der Waals surface area contributed by atoms with E-state index in [0.717, 1.165) is 32.2 Å². The summed E-state index contributed by atoms with van der Waals surface area (Å²) in [6, 6.07) is 0. The first-order chi connectivity index (χ1) is 8.68. The van der Waals surface area contributed by atoms with Gasteiger partial charge in [0.15, 0.2) is 0 Å². The third-order valence-corrected chi connectivity index (χ3v) is 5.33. The molecule has 0 unspecified atom stereocenters. The fraction of sp³-hybridized carbons (Fsp3) is 1.00. The van der Waals surface area contributed by atoms with Gasteiger partial charge in [-0.3, -0.25) is 0 Å². The molecule has 3 heteroatoms. The van der Waals surface area contributed by atoms with Crippen LogP contribution in [0.4, 0.5) is 0 Å². The van der Waals surface area contributed by atoms with E-state index >= 15 is 0 Å². The Morgan fingerprint density at radius 1 is 1.17 bits per heavy atom. The molecule has 0 atom stereocenters. The van der Waals surface area contributed by atoms with Crippen molar-refractivity contribution >= 4 is 11.8 Å². The molecule has 0 aromatic heterocycles. The smallest absolute Gasteiger partial charge is 0.0590 e. The largest absolute Gasteiger partial charge is 0.380 e. The Balaban J connectivity index is 2.02. The van der Waals surface area contributed by atoms with E-state index in [2.05, 4.69) is 37.2 Å². The van der Waals surface area contributed by atoms with Crippen molar-refractivity contribution in [2.24, 2.45) is 5.92 Å². The summed E-state index contributed by atoms with van der Waals surface area (Å²) < 4.78 is 6.14. The van der Waals surface area contributed by atoms with Crippen LogP contribution in [-0.2, 0) is 4.74 Å². The molecule has 0 aromatic carbocycles. The maximum Gasteiger partial charge on any atom is 0.0590 e. The molecule has 108 valence electrons. The van der Waals surface area contributed by atoms with Gasteiger partial charge >= 0.3 is 0 Å². The molecule has 0 amide bonds. The van der Waals surface area contributed by atoms with Crippen molar-refractivity contribution in [2.75, 3.05) is 32.6 Å². The lowest BCUT2D eigenvalue weighted by atomic mass is 9.88. The van der Waals surface area contributed by atoms with Crippen LogP contribution in [0.25, 0.3) is 0 Å². The zero-order valence-corrected chi connectivity index (χ0v) is 13.3. The number of rotatable bonds is 9. The molecule has 1 N–H and O–H groups in total. The van der Waals surface area contributed by atoms with Gasteiger partial charge in [-0.25, -0.2) is 0 Å². The van der Waals surface area contributed by atoms with Crippen molar-refractivity contribution in [1.29, 1.82) is 0 Å². The minimum Gasteiger partial charge on any atom is -0.380 e. The van der Waals surface area contributed by atoms with Gasteiger partial charge in [-0.05, 0) is 31.4 Å². The van der Waals surface area contributed by atoms with Crippen molar-refractivity contribution in [2.45, 2.75) is 57.1 Å². The first kappa shape index (κ1) is 16.3. The van der Waals surface area contributed by atoms with Crippen molar-refractivity contribution in [3.63, 3.8) is 0 Å². The van der Waals surface area contributed by atoms with Crippen LogP contribution < -0.4 is 5.32 Å². The Morgan fingerprint density at radius 2 is 1.89 bits per heavy atom. The van der Waals surface area contributed by atoms with E-state index in [1.165, 1.54) is 38.5 Å². The molecule has 1 aliphatic carbocycles. The molecule has 1 saturated carbocycles. The molecule has 18 heavy (non-hydrogen) atoms. The van der Waals surface area contributed by atoms with Gasteiger partial charge in [-0.15, -0.1) is 0 Å². The Labute approximate surface area is 118 Å². The molecule has 0 aromatic rings. The summed E-state index contributed by atoms with van der Waals surface area (Å²) in [6.07, 6.45) is 10.5. The highest BCUT2D eigenvalue weighted by Crippen LogP contribution is 2.37. The molecule has 0 radical (unpaired) electrons. The third-order valence-electron chi connectivity index (χ3n) is 3.91. The fourth-order valence-electron chi connectivity index (χ4n) is 2.53. The Kier molecular flexibility index (Phi) is 8.36. The molecule has 0 aliphatic heterocycles. The summed E-state index contributed by atoms with van der Waals surface area (Å²) >= 11 is 2.06. The molecule has 2 nitrogen and oxygen atoms in total. The standard InChI is InChI=1S/C15H31NOS/c1-14(2)7-11-17-12-10-16-13-15(18-3)8-5-4-6-9-15/h14,16H,4-13H2,1-3H3. The number of ether oxygens (including phenoxy) is 1. The zero-order valence-electron chi connectivity index (χ0n) is 12.5. The number of hydrogen-bond donors (Lipinski definition) is 1. The molecular formula is C15H31NOS. The zero-order chi connectivity index (χ0) is 13.3. The molecule has 0 saturated heterocycles. The number of thioether (sulfide) groups is 1. The molecular weight excluding hydrogens is 242 g/mol. The third kappa shape index (κ3) is 6.44. The summed E-state index contributed by atoms with van der Waals surface area (Å²) in [6.45, 7) is 8.41. The average Bonchev–Trinajstić information content (AvgIpc) is 2.38. The first-order valence-corrected chi connectivity index (χ1v) is 8.75. The van der Waals surface area contributed by atoms with Crippen LogP contribution in [-0.4, -0.2) is 37.3 Å². The Morgan fingerprint density at radius 3 is 2.50 bits per heavy atom. The number of nitrogens with one attached hydrogen (secondary N) is 1. The Hall–Kier alpha value is 0.270. The first-order valence-electron chi connectivity index (χ1n) is 7.52. The van der Waals surface area contributed by atoms with Crippen LogP contribution >= 0.6 is 11.8 Å². The van der Waals surface area contributed by atoms with Crippen LogP contribution in [0.3, 0.4) is 0 Å². The topological polar surface area (TPSA) is 21.3 Å². The monoisotopic (exact) mass is 273 g/mol. The Bertz CT molecular complexity index is 203. The number of hydrogen-bond acceptors (Lipinski definition) is 3.